The Morgan fingerprint density at radius 2 is 1.68 bits per heavy atom. The van der Waals surface area contributed by atoms with Crippen LogP contribution < -0.4 is 0 Å². The van der Waals surface area contributed by atoms with Gasteiger partial charge in [0.25, 0.3) is 0 Å². The SMILES string of the molecule is C=C(C)C(=O)OCC(O)COC(=O)C(C)(CO)CO. The molecule has 3 N–H and O–H groups in total. The molecule has 0 saturated heterocycles. The molecule has 7 heteroatoms. The van der Waals surface area contributed by atoms with Crippen molar-refractivity contribution in [2.45, 2.75) is 20.0 Å². The molecule has 0 spiro atoms. The van der Waals surface area contributed by atoms with Crippen LogP contribution in [-0.2, 0) is 19.1 Å². The highest BCUT2D eigenvalue weighted by Gasteiger charge is 2.34. The van der Waals surface area contributed by atoms with E-state index < -0.39 is 43.3 Å². The lowest BCUT2D eigenvalue weighted by molar-refractivity contribution is -0.164. The fourth-order valence-electron chi connectivity index (χ4n) is 0.868. The summed E-state index contributed by atoms with van der Waals surface area (Å²) in [5.41, 5.74) is -1.23. The summed E-state index contributed by atoms with van der Waals surface area (Å²) in [6, 6.07) is 0. The molecule has 0 saturated carbocycles. The summed E-state index contributed by atoms with van der Waals surface area (Å²) in [7, 11) is 0. The average Bonchev–Trinajstić information content (AvgIpc) is 2.40. The molecule has 0 aliphatic rings. The van der Waals surface area contributed by atoms with Crippen molar-refractivity contribution in [3.05, 3.63) is 12.2 Å². The van der Waals surface area contributed by atoms with Crippen molar-refractivity contribution in [2.24, 2.45) is 5.41 Å². The summed E-state index contributed by atoms with van der Waals surface area (Å²) < 4.78 is 9.38. The van der Waals surface area contributed by atoms with E-state index in [0.29, 0.717) is 0 Å². The smallest absolute Gasteiger partial charge is 0.333 e. The molecule has 0 aromatic heterocycles. The summed E-state index contributed by atoms with van der Waals surface area (Å²) in [5, 5.41) is 27.3. The van der Waals surface area contributed by atoms with Crippen LogP contribution >= 0.6 is 0 Å². The first-order valence-electron chi connectivity index (χ1n) is 5.66. The Balaban J connectivity index is 4.10. The van der Waals surface area contributed by atoms with Gasteiger partial charge in [-0.05, 0) is 13.8 Å². The first-order valence-corrected chi connectivity index (χ1v) is 5.66. The first kappa shape index (κ1) is 17.6. The lowest BCUT2D eigenvalue weighted by Crippen LogP contribution is -2.38. The fourth-order valence-corrected chi connectivity index (χ4v) is 0.868. The Morgan fingerprint density at radius 1 is 1.21 bits per heavy atom. The third-order valence-electron chi connectivity index (χ3n) is 2.35. The zero-order valence-corrected chi connectivity index (χ0v) is 11.1. The number of aliphatic hydroxyl groups is 3. The molecule has 0 amide bonds. The van der Waals surface area contributed by atoms with E-state index in [1.54, 1.807) is 0 Å². The lowest BCUT2D eigenvalue weighted by atomic mass is 9.93. The summed E-state index contributed by atoms with van der Waals surface area (Å²) >= 11 is 0. The predicted octanol–water partition coefficient (Wildman–Crippen LogP) is -0.999. The molecule has 0 aliphatic heterocycles. The number of carbonyl (C=O) groups is 2. The number of rotatable bonds is 8. The van der Waals surface area contributed by atoms with Gasteiger partial charge in [-0.3, -0.25) is 4.79 Å². The van der Waals surface area contributed by atoms with E-state index >= 15 is 0 Å². The van der Waals surface area contributed by atoms with E-state index in [9.17, 15) is 14.7 Å². The van der Waals surface area contributed by atoms with Gasteiger partial charge in [0, 0.05) is 5.57 Å². The maximum atomic E-state index is 11.5. The summed E-state index contributed by atoms with van der Waals surface area (Å²) in [4.78, 5) is 22.5. The fraction of sp³-hybridized carbons (Fsp3) is 0.667. The van der Waals surface area contributed by atoms with Crippen molar-refractivity contribution in [2.75, 3.05) is 26.4 Å². The molecule has 0 aliphatic carbocycles. The molecule has 110 valence electrons. The van der Waals surface area contributed by atoms with Gasteiger partial charge in [-0.1, -0.05) is 6.58 Å². The zero-order valence-electron chi connectivity index (χ0n) is 11.1. The van der Waals surface area contributed by atoms with Crippen LogP contribution in [0.3, 0.4) is 0 Å². The highest BCUT2D eigenvalue weighted by atomic mass is 16.6. The minimum absolute atomic E-state index is 0.192. The van der Waals surface area contributed by atoms with Crippen LogP contribution in [0.1, 0.15) is 13.8 Å². The molecule has 0 aromatic carbocycles. The number of ether oxygens (including phenoxy) is 2. The van der Waals surface area contributed by atoms with E-state index in [-0.39, 0.29) is 12.2 Å². The van der Waals surface area contributed by atoms with Gasteiger partial charge in [0.05, 0.1) is 13.2 Å². The van der Waals surface area contributed by atoms with Gasteiger partial charge in [-0.15, -0.1) is 0 Å². The summed E-state index contributed by atoms with van der Waals surface area (Å²) in [6.07, 6.45) is -1.19. The third-order valence-corrected chi connectivity index (χ3v) is 2.35. The van der Waals surface area contributed by atoms with Gasteiger partial charge in [0.15, 0.2) is 0 Å². The molecule has 0 heterocycles. The number of carbonyl (C=O) groups excluding carboxylic acids is 2. The third kappa shape index (κ3) is 5.82. The Hall–Kier alpha value is -1.44. The second-order valence-corrected chi connectivity index (χ2v) is 4.51. The van der Waals surface area contributed by atoms with Crippen LogP contribution in [0.15, 0.2) is 12.2 Å². The Labute approximate surface area is 111 Å². The maximum absolute atomic E-state index is 11.5. The van der Waals surface area contributed by atoms with Crippen LogP contribution in [0.4, 0.5) is 0 Å². The van der Waals surface area contributed by atoms with Gasteiger partial charge in [0.1, 0.15) is 24.7 Å². The largest absolute Gasteiger partial charge is 0.462 e. The van der Waals surface area contributed by atoms with Crippen molar-refractivity contribution in [1.29, 1.82) is 0 Å². The van der Waals surface area contributed by atoms with E-state index in [4.69, 9.17) is 14.9 Å². The van der Waals surface area contributed by atoms with Crippen molar-refractivity contribution < 1.29 is 34.4 Å². The molecule has 0 aromatic rings. The highest BCUT2D eigenvalue weighted by molar-refractivity contribution is 5.86. The molecule has 19 heavy (non-hydrogen) atoms. The van der Waals surface area contributed by atoms with Crippen LogP contribution in [0.2, 0.25) is 0 Å². The van der Waals surface area contributed by atoms with Gasteiger partial charge in [-0.25, -0.2) is 4.79 Å². The van der Waals surface area contributed by atoms with E-state index in [0.717, 1.165) is 0 Å². The number of aliphatic hydroxyl groups excluding tert-OH is 3. The topological polar surface area (TPSA) is 113 Å². The van der Waals surface area contributed by atoms with Gasteiger partial charge in [-0.2, -0.15) is 0 Å². The second kappa shape index (κ2) is 7.88. The molecular weight excluding hydrogens is 256 g/mol. The van der Waals surface area contributed by atoms with E-state index in [1.165, 1.54) is 13.8 Å². The van der Waals surface area contributed by atoms with Gasteiger partial charge < -0.3 is 24.8 Å². The Kier molecular flexibility index (Phi) is 7.28. The van der Waals surface area contributed by atoms with Crippen molar-refractivity contribution in [3.63, 3.8) is 0 Å². The normalized spacial score (nSPS) is 12.7. The number of esters is 2. The second-order valence-electron chi connectivity index (χ2n) is 4.51. The van der Waals surface area contributed by atoms with Crippen molar-refractivity contribution >= 4 is 11.9 Å². The lowest BCUT2D eigenvalue weighted by Gasteiger charge is -2.23. The number of hydrogen-bond acceptors (Lipinski definition) is 7. The van der Waals surface area contributed by atoms with Crippen LogP contribution in [0.25, 0.3) is 0 Å². The summed E-state index contributed by atoms with van der Waals surface area (Å²) in [6.45, 7) is 4.24. The Morgan fingerprint density at radius 3 is 2.11 bits per heavy atom. The van der Waals surface area contributed by atoms with Gasteiger partial charge in [0.2, 0.25) is 0 Å². The first-order chi connectivity index (χ1) is 8.76. The minimum Gasteiger partial charge on any atom is -0.462 e. The van der Waals surface area contributed by atoms with E-state index in [1.807, 2.05) is 0 Å². The molecule has 1 atom stereocenters. The van der Waals surface area contributed by atoms with Crippen molar-refractivity contribution in [3.8, 4) is 0 Å². The highest BCUT2D eigenvalue weighted by Crippen LogP contribution is 2.16. The standard InChI is InChI=1S/C12H20O7/c1-8(2)10(16)18-4-9(15)5-19-11(17)12(3,6-13)7-14/h9,13-15H,1,4-7H2,2-3H3. The zero-order chi connectivity index (χ0) is 15.1. The van der Waals surface area contributed by atoms with Gasteiger partial charge >= 0.3 is 11.9 Å². The molecular formula is C12H20O7. The molecule has 0 fully saturated rings. The summed E-state index contributed by atoms with van der Waals surface area (Å²) in [5.74, 6) is -1.50. The van der Waals surface area contributed by atoms with E-state index in [2.05, 4.69) is 11.3 Å². The average molecular weight is 276 g/mol. The number of hydrogen-bond donors (Lipinski definition) is 3. The quantitative estimate of drug-likeness (QED) is 0.385. The van der Waals surface area contributed by atoms with Crippen molar-refractivity contribution in [1.82, 2.24) is 0 Å². The monoisotopic (exact) mass is 276 g/mol. The molecule has 7 nitrogen and oxygen atoms in total. The predicted molar refractivity (Wildman–Crippen MR) is 65.0 cm³/mol. The molecule has 0 bridgehead atoms. The minimum atomic E-state index is -1.42. The maximum Gasteiger partial charge on any atom is 0.333 e. The van der Waals surface area contributed by atoms with Crippen LogP contribution in [0, 0.1) is 5.41 Å². The van der Waals surface area contributed by atoms with Crippen LogP contribution in [0.5, 0.6) is 0 Å². The molecule has 0 radical (unpaired) electrons. The molecule has 1 unspecified atom stereocenters. The Bertz CT molecular complexity index is 333. The van der Waals surface area contributed by atoms with Crippen LogP contribution in [-0.4, -0.2) is 59.8 Å². The molecule has 0 rings (SSSR count).